The third-order valence-electron chi connectivity index (χ3n) is 3.27. The van der Waals surface area contributed by atoms with Crippen LogP contribution in [-0.2, 0) is 0 Å². The van der Waals surface area contributed by atoms with Gasteiger partial charge in [0.2, 0.25) is 0 Å². The van der Waals surface area contributed by atoms with Crippen molar-refractivity contribution in [2.24, 2.45) is 11.7 Å². The number of amides is 1. The molecule has 0 bridgehead atoms. The molecule has 3 nitrogen and oxygen atoms in total. The molecule has 0 aliphatic carbocycles. The van der Waals surface area contributed by atoms with E-state index in [2.05, 4.69) is 15.9 Å². The lowest BCUT2D eigenvalue weighted by Crippen LogP contribution is -2.43. The standard InChI is InChI=1S/C13H14BrFN2OS/c14-11-4-3-9(15)6-10(11)13(18)17-5-1-2-8(7-17)12(16)19/h3-4,6,8H,1-2,5,7H2,(H2,16,19). The molecule has 1 amide bonds. The molecule has 0 aromatic heterocycles. The molecular weight excluding hydrogens is 331 g/mol. The molecule has 6 heteroatoms. The number of nitrogens with two attached hydrogens (primary N) is 1. The van der Waals surface area contributed by atoms with Crippen molar-refractivity contribution < 1.29 is 9.18 Å². The van der Waals surface area contributed by atoms with Crippen LogP contribution in [0.3, 0.4) is 0 Å². The molecule has 1 heterocycles. The van der Waals surface area contributed by atoms with Gasteiger partial charge in [0, 0.05) is 23.5 Å². The number of thiocarbonyl (C=S) groups is 1. The molecule has 0 spiro atoms. The largest absolute Gasteiger partial charge is 0.393 e. The first-order valence-electron chi connectivity index (χ1n) is 6.02. The highest BCUT2D eigenvalue weighted by molar-refractivity contribution is 9.10. The number of nitrogens with zero attached hydrogens (tertiary/aromatic N) is 1. The van der Waals surface area contributed by atoms with Gasteiger partial charge in [0.1, 0.15) is 5.82 Å². The summed E-state index contributed by atoms with van der Waals surface area (Å²) in [6.45, 7) is 1.16. The van der Waals surface area contributed by atoms with Gasteiger partial charge >= 0.3 is 0 Å². The Balaban J connectivity index is 2.19. The van der Waals surface area contributed by atoms with Crippen molar-refractivity contribution in [3.63, 3.8) is 0 Å². The van der Waals surface area contributed by atoms with Crippen LogP contribution >= 0.6 is 28.1 Å². The van der Waals surface area contributed by atoms with E-state index >= 15 is 0 Å². The molecule has 1 aromatic rings. The topological polar surface area (TPSA) is 46.3 Å². The Hall–Kier alpha value is -1.01. The zero-order chi connectivity index (χ0) is 14.0. The summed E-state index contributed by atoms with van der Waals surface area (Å²) in [5, 5.41) is 0. The average molecular weight is 345 g/mol. The molecule has 2 N–H and O–H groups in total. The lowest BCUT2D eigenvalue weighted by Gasteiger charge is -2.32. The fourth-order valence-electron chi connectivity index (χ4n) is 2.23. The number of carbonyl (C=O) groups is 1. The molecule has 1 aliphatic heterocycles. The lowest BCUT2D eigenvalue weighted by molar-refractivity contribution is 0.0702. The van der Waals surface area contributed by atoms with Gasteiger partial charge in [-0.05, 0) is 47.0 Å². The van der Waals surface area contributed by atoms with Gasteiger partial charge in [-0.1, -0.05) is 12.2 Å². The first-order chi connectivity index (χ1) is 8.99. The van der Waals surface area contributed by atoms with Crippen LogP contribution in [0.2, 0.25) is 0 Å². The van der Waals surface area contributed by atoms with Gasteiger partial charge < -0.3 is 10.6 Å². The number of hydrogen-bond donors (Lipinski definition) is 1. The molecule has 1 aliphatic rings. The second-order valence-electron chi connectivity index (χ2n) is 4.62. The van der Waals surface area contributed by atoms with E-state index in [1.165, 1.54) is 18.2 Å². The van der Waals surface area contributed by atoms with Crippen LogP contribution in [0.4, 0.5) is 4.39 Å². The van der Waals surface area contributed by atoms with Crippen LogP contribution in [0, 0.1) is 11.7 Å². The zero-order valence-electron chi connectivity index (χ0n) is 10.2. The number of hydrogen-bond acceptors (Lipinski definition) is 2. The van der Waals surface area contributed by atoms with Crippen LogP contribution in [0.15, 0.2) is 22.7 Å². The van der Waals surface area contributed by atoms with Gasteiger partial charge in [-0.3, -0.25) is 4.79 Å². The smallest absolute Gasteiger partial charge is 0.255 e. The molecule has 1 unspecified atom stereocenters. The van der Waals surface area contributed by atoms with Crippen molar-refractivity contribution in [3.8, 4) is 0 Å². The van der Waals surface area contributed by atoms with E-state index in [-0.39, 0.29) is 11.8 Å². The summed E-state index contributed by atoms with van der Waals surface area (Å²) in [6.07, 6.45) is 1.77. The van der Waals surface area contributed by atoms with E-state index in [1.54, 1.807) is 4.90 Å². The Morgan fingerprint density at radius 1 is 1.53 bits per heavy atom. The van der Waals surface area contributed by atoms with Crippen LogP contribution < -0.4 is 5.73 Å². The predicted octanol–water partition coefficient (Wildman–Crippen LogP) is 2.73. The lowest BCUT2D eigenvalue weighted by atomic mass is 9.97. The molecule has 1 atom stereocenters. The average Bonchev–Trinajstić information content (AvgIpc) is 2.41. The second-order valence-corrected chi connectivity index (χ2v) is 5.94. The van der Waals surface area contributed by atoms with Crippen LogP contribution in [0.5, 0.6) is 0 Å². The van der Waals surface area contributed by atoms with Crippen molar-refractivity contribution in [3.05, 3.63) is 34.1 Å². The minimum Gasteiger partial charge on any atom is -0.393 e. The second kappa shape index (κ2) is 5.96. The Kier molecular flexibility index (Phi) is 4.52. The van der Waals surface area contributed by atoms with Gasteiger partial charge in [0.05, 0.1) is 10.6 Å². The van der Waals surface area contributed by atoms with Crippen molar-refractivity contribution in [2.45, 2.75) is 12.8 Å². The molecule has 0 saturated carbocycles. The molecule has 2 rings (SSSR count). The Bertz CT molecular complexity index is 523. The number of piperidine rings is 1. The summed E-state index contributed by atoms with van der Waals surface area (Å²) >= 11 is 8.27. The number of halogens is 2. The summed E-state index contributed by atoms with van der Waals surface area (Å²) in [6, 6.07) is 4.10. The van der Waals surface area contributed by atoms with Gasteiger partial charge in [-0.2, -0.15) is 0 Å². The van der Waals surface area contributed by atoms with E-state index in [4.69, 9.17) is 18.0 Å². The maximum Gasteiger partial charge on any atom is 0.255 e. The van der Waals surface area contributed by atoms with Crippen molar-refractivity contribution in [2.75, 3.05) is 13.1 Å². The third-order valence-corrected chi connectivity index (χ3v) is 4.29. The van der Waals surface area contributed by atoms with Gasteiger partial charge in [-0.15, -0.1) is 0 Å². The maximum atomic E-state index is 13.2. The quantitative estimate of drug-likeness (QED) is 0.839. The first-order valence-corrected chi connectivity index (χ1v) is 7.23. The van der Waals surface area contributed by atoms with E-state index in [1.807, 2.05) is 0 Å². The summed E-state index contributed by atoms with van der Waals surface area (Å²) < 4.78 is 13.8. The normalized spacial score (nSPS) is 19.3. The summed E-state index contributed by atoms with van der Waals surface area (Å²) in [7, 11) is 0. The van der Waals surface area contributed by atoms with E-state index in [0.717, 1.165) is 12.8 Å². The Morgan fingerprint density at radius 2 is 2.26 bits per heavy atom. The molecule has 0 radical (unpaired) electrons. The minimum atomic E-state index is -0.422. The van der Waals surface area contributed by atoms with Crippen molar-refractivity contribution >= 4 is 39.0 Å². The number of benzene rings is 1. The van der Waals surface area contributed by atoms with Crippen LogP contribution in [0.1, 0.15) is 23.2 Å². The highest BCUT2D eigenvalue weighted by Crippen LogP contribution is 2.23. The van der Waals surface area contributed by atoms with E-state index < -0.39 is 5.82 Å². The first kappa shape index (κ1) is 14.4. The molecule has 1 saturated heterocycles. The van der Waals surface area contributed by atoms with Crippen molar-refractivity contribution in [1.82, 2.24) is 4.90 Å². The third kappa shape index (κ3) is 3.30. The Labute approximate surface area is 125 Å². The molecule has 1 fully saturated rings. The predicted molar refractivity (Wildman–Crippen MR) is 79.5 cm³/mol. The van der Waals surface area contributed by atoms with Crippen LogP contribution in [-0.4, -0.2) is 28.9 Å². The number of likely N-dealkylation sites (tertiary alicyclic amines) is 1. The van der Waals surface area contributed by atoms with Gasteiger partial charge in [0.15, 0.2) is 0 Å². The van der Waals surface area contributed by atoms with Crippen LogP contribution in [0.25, 0.3) is 0 Å². The van der Waals surface area contributed by atoms with Crippen molar-refractivity contribution in [1.29, 1.82) is 0 Å². The number of carbonyl (C=O) groups excluding carboxylic acids is 1. The number of rotatable bonds is 2. The fourth-order valence-corrected chi connectivity index (χ4v) is 2.83. The summed E-state index contributed by atoms with van der Waals surface area (Å²) in [5.74, 6) is -0.554. The summed E-state index contributed by atoms with van der Waals surface area (Å²) in [4.78, 5) is 14.5. The van der Waals surface area contributed by atoms with E-state index in [0.29, 0.717) is 28.1 Å². The van der Waals surface area contributed by atoms with Gasteiger partial charge in [-0.25, -0.2) is 4.39 Å². The van der Waals surface area contributed by atoms with E-state index in [9.17, 15) is 9.18 Å². The fraction of sp³-hybridized carbons (Fsp3) is 0.385. The minimum absolute atomic E-state index is 0.0556. The highest BCUT2D eigenvalue weighted by Gasteiger charge is 2.27. The highest BCUT2D eigenvalue weighted by atomic mass is 79.9. The Morgan fingerprint density at radius 3 is 2.95 bits per heavy atom. The van der Waals surface area contributed by atoms with Gasteiger partial charge in [0.25, 0.3) is 5.91 Å². The maximum absolute atomic E-state index is 13.2. The zero-order valence-corrected chi connectivity index (χ0v) is 12.6. The summed E-state index contributed by atoms with van der Waals surface area (Å²) in [5.41, 5.74) is 5.98. The molecule has 19 heavy (non-hydrogen) atoms. The molecule has 102 valence electrons. The monoisotopic (exact) mass is 344 g/mol. The molecule has 1 aromatic carbocycles. The molecular formula is C13H14BrFN2OS. The SMILES string of the molecule is NC(=S)C1CCCN(C(=O)c2cc(F)ccc2Br)C1.